The van der Waals surface area contributed by atoms with Gasteiger partial charge < -0.3 is 5.43 Å². The molecule has 0 aliphatic heterocycles. The fourth-order valence-electron chi connectivity index (χ4n) is 1.83. The van der Waals surface area contributed by atoms with Gasteiger partial charge in [-0.2, -0.15) is 28.8 Å². The van der Waals surface area contributed by atoms with Gasteiger partial charge in [-0.05, 0) is 12.1 Å². The second kappa shape index (κ2) is 5.97. The van der Waals surface area contributed by atoms with Crippen molar-refractivity contribution in [3.8, 4) is 17.8 Å². The Morgan fingerprint density at radius 2 is 1.74 bits per heavy atom. The number of alkyl halides is 3. The molecule has 0 amide bonds. The Hall–Kier alpha value is -2.46. The number of benzene rings is 1. The van der Waals surface area contributed by atoms with Gasteiger partial charge in [0.15, 0.2) is 11.5 Å². The van der Waals surface area contributed by atoms with Crippen LogP contribution in [-0.4, -0.2) is 9.78 Å². The maximum atomic E-state index is 12.7. The van der Waals surface area contributed by atoms with Crippen LogP contribution in [0.1, 0.15) is 16.8 Å². The number of halogens is 5. The predicted octanol–water partition coefficient (Wildman–Crippen LogP) is 3.23. The summed E-state index contributed by atoms with van der Waals surface area (Å²) in [6.45, 7) is 0. The van der Waals surface area contributed by atoms with Crippen LogP contribution in [-0.2, 0) is 6.18 Å². The highest BCUT2D eigenvalue weighted by Crippen LogP contribution is 2.38. The zero-order valence-corrected chi connectivity index (χ0v) is 12.4. The number of aromatic nitrogens is 2. The third-order valence-corrected chi connectivity index (χ3v) is 3.37. The molecule has 0 aliphatic rings. The zero-order chi connectivity index (χ0) is 17.4. The molecule has 2 aromatic rings. The number of nitrogens with one attached hydrogen (secondary N) is 1. The van der Waals surface area contributed by atoms with Crippen molar-refractivity contribution in [1.29, 1.82) is 10.5 Å². The van der Waals surface area contributed by atoms with Crippen LogP contribution < -0.4 is 11.3 Å². The number of rotatable bonds is 2. The standard InChI is InChI=1S/C12H5Cl2F3N6/c13-7-1-5(12(15,16)17)2-8(14)10(7)23-11(21-20)6(3-18)9(4-19)22-23/h1-2,21H,20H2. The lowest BCUT2D eigenvalue weighted by Crippen LogP contribution is -2.14. The summed E-state index contributed by atoms with van der Waals surface area (Å²) in [7, 11) is 0. The highest BCUT2D eigenvalue weighted by molar-refractivity contribution is 6.38. The van der Waals surface area contributed by atoms with Gasteiger partial charge in [-0.1, -0.05) is 23.2 Å². The van der Waals surface area contributed by atoms with E-state index in [0.717, 1.165) is 4.68 Å². The Morgan fingerprint density at radius 3 is 2.13 bits per heavy atom. The van der Waals surface area contributed by atoms with E-state index in [1.807, 2.05) is 0 Å². The van der Waals surface area contributed by atoms with E-state index in [1.54, 1.807) is 12.1 Å². The smallest absolute Gasteiger partial charge is 0.307 e. The molecule has 0 saturated heterocycles. The van der Waals surface area contributed by atoms with E-state index in [-0.39, 0.29) is 32.8 Å². The van der Waals surface area contributed by atoms with Gasteiger partial charge >= 0.3 is 6.18 Å². The van der Waals surface area contributed by atoms with Crippen LogP contribution in [0.25, 0.3) is 5.69 Å². The molecular weight excluding hydrogens is 356 g/mol. The molecule has 23 heavy (non-hydrogen) atoms. The number of anilines is 1. The van der Waals surface area contributed by atoms with Crippen molar-refractivity contribution in [2.75, 3.05) is 5.43 Å². The average molecular weight is 361 g/mol. The van der Waals surface area contributed by atoms with E-state index in [9.17, 15) is 13.2 Å². The van der Waals surface area contributed by atoms with Crippen LogP contribution >= 0.6 is 23.2 Å². The van der Waals surface area contributed by atoms with Crippen LogP contribution in [0.3, 0.4) is 0 Å². The molecule has 0 saturated carbocycles. The minimum atomic E-state index is -4.64. The van der Waals surface area contributed by atoms with Crippen molar-refractivity contribution in [2.24, 2.45) is 5.84 Å². The Morgan fingerprint density at radius 1 is 1.17 bits per heavy atom. The van der Waals surface area contributed by atoms with Gasteiger partial charge in [-0.3, -0.25) is 0 Å². The SMILES string of the molecule is N#Cc1nn(-c2c(Cl)cc(C(F)(F)F)cc2Cl)c(NN)c1C#N. The summed E-state index contributed by atoms with van der Waals surface area (Å²) in [5.74, 6) is 5.16. The summed E-state index contributed by atoms with van der Waals surface area (Å²) in [4.78, 5) is 0. The van der Waals surface area contributed by atoms with E-state index in [2.05, 4.69) is 10.5 Å². The van der Waals surface area contributed by atoms with Gasteiger partial charge in [-0.25, -0.2) is 10.5 Å². The molecule has 11 heteroatoms. The van der Waals surface area contributed by atoms with Crippen LogP contribution in [0.5, 0.6) is 0 Å². The molecule has 1 aromatic heterocycles. The number of nitrogens with zero attached hydrogens (tertiary/aromatic N) is 4. The van der Waals surface area contributed by atoms with Crippen LogP contribution in [0.2, 0.25) is 10.0 Å². The summed E-state index contributed by atoms with van der Waals surface area (Å²) < 4.78 is 39.1. The Kier molecular flexibility index (Phi) is 4.39. The largest absolute Gasteiger partial charge is 0.416 e. The van der Waals surface area contributed by atoms with Crippen LogP contribution in [0.4, 0.5) is 19.0 Å². The molecular formula is C12H5Cl2F3N6. The lowest BCUT2D eigenvalue weighted by Gasteiger charge is -2.14. The molecule has 3 N–H and O–H groups in total. The number of hydrogen-bond acceptors (Lipinski definition) is 5. The topological polar surface area (TPSA) is 103 Å². The number of nitriles is 2. The first-order valence-electron chi connectivity index (χ1n) is 5.71. The summed E-state index contributed by atoms with van der Waals surface area (Å²) in [6.07, 6.45) is -4.64. The highest BCUT2D eigenvalue weighted by Gasteiger charge is 2.33. The Bertz CT molecular complexity index is 836. The lowest BCUT2D eigenvalue weighted by atomic mass is 10.2. The van der Waals surface area contributed by atoms with Gasteiger partial charge in [0.05, 0.1) is 15.6 Å². The van der Waals surface area contributed by atoms with Crippen molar-refractivity contribution < 1.29 is 13.2 Å². The average Bonchev–Trinajstić information content (AvgIpc) is 2.82. The van der Waals surface area contributed by atoms with Crippen molar-refractivity contribution >= 4 is 29.0 Å². The first kappa shape index (κ1) is 16.9. The Balaban J connectivity index is 2.77. The molecule has 0 fully saturated rings. The van der Waals surface area contributed by atoms with Gasteiger partial charge in [0, 0.05) is 0 Å². The predicted molar refractivity (Wildman–Crippen MR) is 75.8 cm³/mol. The fourth-order valence-corrected chi connectivity index (χ4v) is 2.48. The molecule has 0 bridgehead atoms. The van der Waals surface area contributed by atoms with E-state index < -0.39 is 11.7 Å². The monoisotopic (exact) mass is 360 g/mol. The minimum Gasteiger partial charge on any atom is -0.307 e. The zero-order valence-electron chi connectivity index (χ0n) is 10.9. The molecule has 0 spiro atoms. The van der Waals surface area contributed by atoms with E-state index in [0.29, 0.717) is 12.1 Å². The molecule has 0 atom stereocenters. The third kappa shape index (κ3) is 2.90. The minimum absolute atomic E-state index is 0.132. The van der Waals surface area contributed by atoms with E-state index >= 15 is 0 Å². The number of nitrogens with two attached hydrogens (primary N) is 1. The maximum Gasteiger partial charge on any atom is 0.416 e. The Labute approximate surface area is 137 Å². The second-order valence-corrected chi connectivity index (χ2v) is 4.95. The maximum absolute atomic E-state index is 12.7. The van der Waals surface area contributed by atoms with E-state index in [4.69, 9.17) is 39.6 Å². The van der Waals surface area contributed by atoms with Crippen molar-refractivity contribution in [3.05, 3.63) is 39.0 Å². The molecule has 1 aromatic carbocycles. The van der Waals surface area contributed by atoms with Gasteiger partial charge in [0.2, 0.25) is 0 Å². The van der Waals surface area contributed by atoms with Crippen LogP contribution in [0, 0.1) is 22.7 Å². The van der Waals surface area contributed by atoms with Crippen molar-refractivity contribution in [2.45, 2.75) is 6.18 Å². The van der Waals surface area contributed by atoms with E-state index in [1.165, 1.54) is 0 Å². The number of nitrogen functional groups attached to an aromatic ring is 1. The second-order valence-electron chi connectivity index (χ2n) is 4.14. The summed E-state index contributed by atoms with van der Waals surface area (Å²) >= 11 is 11.7. The first-order chi connectivity index (χ1) is 10.7. The molecule has 1 heterocycles. The fraction of sp³-hybridized carbons (Fsp3) is 0.0833. The van der Waals surface area contributed by atoms with Crippen LogP contribution in [0.15, 0.2) is 12.1 Å². The van der Waals surface area contributed by atoms with Crippen molar-refractivity contribution in [1.82, 2.24) is 9.78 Å². The molecule has 0 radical (unpaired) electrons. The normalized spacial score (nSPS) is 11.0. The molecule has 0 aliphatic carbocycles. The van der Waals surface area contributed by atoms with Crippen molar-refractivity contribution in [3.63, 3.8) is 0 Å². The summed E-state index contributed by atoms with van der Waals surface area (Å²) in [5, 5.41) is 21.0. The molecule has 2 rings (SSSR count). The lowest BCUT2D eigenvalue weighted by molar-refractivity contribution is -0.137. The van der Waals surface area contributed by atoms with Gasteiger partial charge in [0.1, 0.15) is 23.4 Å². The summed E-state index contributed by atoms with van der Waals surface area (Å²) in [5.41, 5.74) is 0.482. The molecule has 6 nitrogen and oxygen atoms in total. The quantitative estimate of drug-likeness (QED) is 0.631. The molecule has 0 unspecified atom stereocenters. The number of hydrogen-bond donors (Lipinski definition) is 2. The van der Waals surface area contributed by atoms with Gasteiger partial charge in [0.25, 0.3) is 0 Å². The van der Waals surface area contributed by atoms with Gasteiger partial charge in [-0.15, -0.1) is 0 Å². The summed E-state index contributed by atoms with van der Waals surface area (Å²) in [6, 6.07) is 4.70. The first-order valence-corrected chi connectivity index (χ1v) is 6.46. The number of hydrazine groups is 1. The highest BCUT2D eigenvalue weighted by atomic mass is 35.5. The molecule has 118 valence electrons. The third-order valence-electron chi connectivity index (χ3n) is 2.80.